The second-order valence-electron chi connectivity index (χ2n) is 4.64. The van der Waals surface area contributed by atoms with Gasteiger partial charge in [0.25, 0.3) is 0 Å². The highest BCUT2D eigenvalue weighted by Crippen LogP contribution is 2.26. The van der Waals surface area contributed by atoms with E-state index in [0.29, 0.717) is 5.82 Å². The lowest BCUT2D eigenvalue weighted by Crippen LogP contribution is -2.18. The molecule has 0 aliphatic carbocycles. The first-order valence-electron chi connectivity index (χ1n) is 6.36. The molecule has 0 amide bonds. The fraction of sp³-hybridized carbons (Fsp3) is 0.462. The third kappa shape index (κ3) is 3.67. The van der Waals surface area contributed by atoms with Crippen LogP contribution in [0.2, 0.25) is 0 Å². The summed E-state index contributed by atoms with van der Waals surface area (Å²) in [6, 6.07) is 5.75. The second kappa shape index (κ2) is 6.33. The quantitative estimate of drug-likeness (QED) is 0.835. The Hall–Kier alpha value is -2.15. The maximum Gasteiger partial charge on any atom is 0.212 e. The minimum Gasteiger partial charge on any atom is -0.497 e. The molecule has 20 heavy (non-hydrogen) atoms. The number of ether oxygens (including phenoxy) is 2. The third-order valence-corrected chi connectivity index (χ3v) is 2.72. The van der Waals surface area contributed by atoms with Crippen molar-refractivity contribution in [3.8, 4) is 11.5 Å². The predicted molar refractivity (Wildman–Crippen MR) is 73.5 cm³/mol. The van der Waals surface area contributed by atoms with Crippen molar-refractivity contribution in [2.24, 2.45) is 12.8 Å². The van der Waals surface area contributed by atoms with Crippen LogP contribution < -0.4 is 15.2 Å². The minimum atomic E-state index is 0.0559. The number of nitrogens with zero attached hydrogens (tertiary/aromatic N) is 4. The van der Waals surface area contributed by atoms with Crippen LogP contribution in [0, 0.1) is 0 Å². The lowest BCUT2D eigenvalue weighted by Gasteiger charge is -2.13. The van der Waals surface area contributed by atoms with Gasteiger partial charge in [-0.25, -0.2) is 0 Å². The van der Waals surface area contributed by atoms with Gasteiger partial charge in [-0.05, 0) is 30.2 Å². The molecule has 0 fully saturated rings. The topological polar surface area (TPSA) is 88.1 Å². The molecule has 0 spiro atoms. The highest BCUT2D eigenvalue weighted by Gasteiger charge is 2.10. The summed E-state index contributed by atoms with van der Waals surface area (Å²) in [5, 5.41) is 11.7. The number of benzene rings is 1. The maximum atomic E-state index is 5.85. The number of hydrogen-bond donors (Lipinski definition) is 1. The van der Waals surface area contributed by atoms with Crippen molar-refractivity contribution in [2.45, 2.75) is 26.0 Å². The van der Waals surface area contributed by atoms with Crippen molar-refractivity contribution in [3.05, 3.63) is 29.6 Å². The fourth-order valence-corrected chi connectivity index (χ4v) is 1.84. The zero-order chi connectivity index (χ0) is 14.5. The Morgan fingerprint density at radius 1 is 1.40 bits per heavy atom. The van der Waals surface area contributed by atoms with Crippen molar-refractivity contribution in [1.82, 2.24) is 20.2 Å². The molecule has 0 radical (unpaired) electrons. The number of methoxy groups -OCH3 is 1. The molecule has 1 aromatic carbocycles. The molecule has 7 heteroatoms. The van der Waals surface area contributed by atoms with Crippen LogP contribution in [0.15, 0.2) is 18.2 Å². The molecule has 0 bridgehead atoms. The zero-order valence-corrected chi connectivity index (χ0v) is 11.9. The van der Waals surface area contributed by atoms with Crippen LogP contribution in [0.5, 0.6) is 11.5 Å². The lowest BCUT2D eigenvalue weighted by molar-refractivity contribution is 0.289. The first kappa shape index (κ1) is 14.3. The van der Waals surface area contributed by atoms with Gasteiger partial charge in [0.15, 0.2) is 6.61 Å². The number of tetrazole rings is 1. The van der Waals surface area contributed by atoms with E-state index < -0.39 is 0 Å². The smallest absolute Gasteiger partial charge is 0.212 e. The average molecular weight is 277 g/mol. The Kier molecular flexibility index (Phi) is 4.52. The largest absolute Gasteiger partial charge is 0.497 e. The number of aryl methyl sites for hydroxylation is 1. The summed E-state index contributed by atoms with van der Waals surface area (Å²) in [6.07, 6.45) is 0.729. The van der Waals surface area contributed by atoms with Gasteiger partial charge in [0.05, 0.1) is 14.2 Å². The summed E-state index contributed by atoms with van der Waals surface area (Å²) in [6.45, 7) is 2.21. The number of aromatic nitrogens is 4. The highest BCUT2D eigenvalue weighted by molar-refractivity contribution is 5.41. The van der Waals surface area contributed by atoms with Gasteiger partial charge in [-0.1, -0.05) is 6.07 Å². The van der Waals surface area contributed by atoms with E-state index in [9.17, 15) is 0 Å². The van der Waals surface area contributed by atoms with Crippen molar-refractivity contribution in [1.29, 1.82) is 0 Å². The van der Waals surface area contributed by atoms with E-state index in [4.69, 9.17) is 15.2 Å². The van der Waals surface area contributed by atoms with Gasteiger partial charge in [0.2, 0.25) is 5.82 Å². The normalized spacial score (nSPS) is 12.2. The monoisotopic (exact) mass is 277 g/mol. The third-order valence-electron chi connectivity index (χ3n) is 2.72. The van der Waals surface area contributed by atoms with E-state index >= 15 is 0 Å². The Bertz CT molecular complexity index is 568. The van der Waals surface area contributed by atoms with Gasteiger partial charge in [0, 0.05) is 12.1 Å². The van der Waals surface area contributed by atoms with Crippen molar-refractivity contribution in [3.63, 3.8) is 0 Å². The molecule has 2 rings (SSSR count). The molecule has 1 unspecified atom stereocenters. The van der Waals surface area contributed by atoms with Crippen molar-refractivity contribution < 1.29 is 9.47 Å². The van der Waals surface area contributed by atoms with Gasteiger partial charge in [0.1, 0.15) is 11.5 Å². The van der Waals surface area contributed by atoms with Crippen LogP contribution in [0.3, 0.4) is 0 Å². The molecular weight excluding hydrogens is 258 g/mol. The lowest BCUT2D eigenvalue weighted by atomic mass is 10.1. The number of nitrogens with two attached hydrogens (primary N) is 1. The van der Waals surface area contributed by atoms with Gasteiger partial charge in [-0.3, -0.25) is 0 Å². The summed E-state index contributed by atoms with van der Waals surface area (Å²) < 4.78 is 11.0. The van der Waals surface area contributed by atoms with E-state index in [1.165, 1.54) is 4.80 Å². The van der Waals surface area contributed by atoms with E-state index in [1.54, 1.807) is 14.2 Å². The predicted octanol–water partition coefficient (Wildman–Crippen LogP) is 0.687. The molecule has 1 atom stereocenters. The summed E-state index contributed by atoms with van der Waals surface area (Å²) in [5.41, 5.74) is 6.88. The van der Waals surface area contributed by atoms with Gasteiger partial charge in [-0.2, -0.15) is 4.80 Å². The van der Waals surface area contributed by atoms with Crippen LogP contribution in [-0.4, -0.2) is 33.4 Å². The first-order chi connectivity index (χ1) is 9.58. The van der Waals surface area contributed by atoms with Gasteiger partial charge < -0.3 is 15.2 Å². The Balaban J connectivity index is 2.14. The van der Waals surface area contributed by atoms with Gasteiger partial charge >= 0.3 is 0 Å². The van der Waals surface area contributed by atoms with Gasteiger partial charge in [-0.15, -0.1) is 10.2 Å². The summed E-state index contributed by atoms with van der Waals surface area (Å²) in [7, 11) is 3.33. The fourth-order valence-electron chi connectivity index (χ4n) is 1.84. The standard InChI is InChI=1S/C13H19N5O2/c1-9(14)6-10-4-5-11(19-3)7-12(10)20-8-13-15-17-18(2)16-13/h4-5,7,9H,6,8,14H2,1-3H3. The Morgan fingerprint density at radius 3 is 2.80 bits per heavy atom. The molecule has 108 valence electrons. The summed E-state index contributed by atoms with van der Waals surface area (Å²) in [4.78, 5) is 1.40. The van der Waals surface area contributed by atoms with E-state index in [-0.39, 0.29) is 12.6 Å². The molecule has 2 N–H and O–H groups in total. The molecule has 0 saturated carbocycles. The van der Waals surface area contributed by atoms with Crippen molar-refractivity contribution >= 4 is 0 Å². The second-order valence-corrected chi connectivity index (χ2v) is 4.64. The molecule has 1 heterocycles. The maximum absolute atomic E-state index is 5.85. The molecule has 2 aromatic rings. The van der Waals surface area contributed by atoms with E-state index in [0.717, 1.165) is 23.5 Å². The van der Waals surface area contributed by atoms with Crippen LogP contribution in [0.1, 0.15) is 18.3 Å². The zero-order valence-electron chi connectivity index (χ0n) is 11.9. The summed E-state index contributed by atoms with van der Waals surface area (Å²) >= 11 is 0. The number of hydrogen-bond acceptors (Lipinski definition) is 6. The molecule has 0 aliphatic rings. The average Bonchev–Trinajstić information content (AvgIpc) is 2.83. The Morgan fingerprint density at radius 2 is 2.20 bits per heavy atom. The minimum absolute atomic E-state index is 0.0559. The number of rotatable bonds is 6. The van der Waals surface area contributed by atoms with Crippen LogP contribution in [0.4, 0.5) is 0 Å². The Labute approximate surface area is 117 Å². The molecule has 1 aromatic heterocycles. The van der Waals surface area contributed by atoms with Crippen molar-refractivity contribution in [2.75, 3.05) is 7.11 Å². The van der Waals surface area contributed by atoms with Crippen LogP contribution >= 0.6 is 0 Å². The van der Waals surface area contributed by atoms with E-state index in [1.807, 2.05) is 25.1 Å². The first-order valence-corrected chi connectivity index (χ1v) is 6.36. The summed E-state index contributed by atoms with van der Waals surface area (Å²) in [5.74, 6) is 2.00. The molecular formula is C13H19N5O2. The van der Waals surface area contributed by atoms with E-state index in [2.05, 4.69) is 15.4 Å². The molecule has 0 saturated heterocycles. The molecule has 7 nitrogen and oxygen atoms in total. The SMILES string of the molecule is COc1ccc(CC(C)N)c(OCc2nnn(C)n2)c1. The van der Waals surface area contributed by atoms with Crippen LogP contribution in [-0.2, 0) is 20.1 Å². The molecule has 0 aliphatic heterocycles. The van der Waals surface area contributed by atoms with Crippen LogP contribution in [0.25, 0.3) is 0 Å². The highest BCUT2D eigenvalue weighted by atomic mass is 16.5.